The number of piperazine rings is 1. The van der Waals surface area contributed by atoms with Gasteiger partial charge in [0.25, 0.3) is 5.89 Å². The average molecular weight is 419 g/mol. The lowest BCUT2D eigenvalue weighted by molar-refractivity contribution is -0.136. The van der Waals surface area contributed by atoms with Crippen molar-refractivity contribution in [1.29, 1.82) is 0 Å². The van der Waals surface area contributed by atoms with Gasteiger partial charge in [-0.25, -0.2) is 4.98 Å². The minimum Gasteiger partial charge on any atom is -0.415 e. The second-order valence-electron chi connectivity index (χ2n) is 8.19. The summed E-state index contributed by atoms with van der Waals surface area (Å²) in [5.74, 6) is 2.12. The number of aromatic nitrogens is 4. The van der Waals surface area contributed by atoms with Crippen molar-refractivity contribution < 1.29 is 9.21 Å². The first kappa shape index (κ1) is 19.7. The summed E-state index contributed by atoms with van der Waals surface area (Å²) in [5, 5.41) is 8.28. The number of rotatable bonds is 4. The molecule has 0 spiro atoms. The van der Waals surface area contributed by atoms with Crippen LogP contribution in [0.15, 0.2) is 47.1 Å². The van der Waals surface area contributed by atoms with Crippen LogP contribution in [0.1, 0.15) is 32.1 Å². The number of hydrogen-bond acceptors (Lipinski definition) is 7. The molecule has 0 unspecified atom stereocenters. The minimum atomic E-state index is 0.222. The maximum absolute atomic E-state index is 12.8. The second kappa shape index (κ2) is 8.83. The Hall–Kier alpha value is -3.29. The Labute approximate surface area is 181 Å². The molecule has 0 radical (unpaired) electrons. The van der Waals surface area contributed by atoms with E-state index >= 15 is 0 Å². The smallest absolute Gasteiger partial charge is 0.268 e. The molecule has 3 heterocycles. The van der Waals surface area contributed by atoms with E-state index in [1.807, 2.05) is 35.2 Å². The largest absolute Gasteiger partial charge is 0.415 e. The monoisotopic (exact) mass is 418 g/mol. The first-order chi connectivity index (χ1) is 15.3. The van der Waals surface area contributed by atoms with Gasteiger partial charge in [-0.3, -0.25) is 9.78 Å². The molecule has 8 heteroatoms. The molecule has 1 aliphatic carbocycles. The highest BCUT2D eigenvalue weighted by Gasteiger charge is 2.29. The van der Waals surface area contributed by atoms with E-state index in [4.69, 9.17) is 9.40 Å². The molecule has 1 saturated carbocycles. The van der Waals surface area contributed by atoms with E-state index in [1.54, 1.807) is 12.4 Å². The van der Waals surface area contributed by atoms with Gasteiger partial charge in [-0.05, 0) is 25.0 Å². The molecule has 0 N–H and O–H groups in total. The van der Waals surface area contributed by atoms with Crippen LogP contribution in [-0.2, 0) is 4.79 Å². The summed E-state index contributed by atoms with van der Waals surface area (Å²) < 4.78 is 5.82. The SMILES string of the molecule is O=C(C1CCCCC1)N1CCN(c2cncc(-c3nnc(-c4ccccc4)o3)n2)CC1. The molecule has 8 nitrogen and oxygen atoms in total. The number of carbonyl (C=O) groups excluding carboxylic acids is 1. The topological polar surface area (TPSA) is 88.3 Å². The third-order valence-corrected chi connectivity index (χ3v) is 6.16. The zero-order valence-electron chi connectivity index (χ0n) is 17.5. The maximum atomic E-state index is 12.8. The number of nitrogens with zero attached hydrogens (tertiary/aromatic N) is 6. The Morgan fingerprint density at radius 2 is 1.65 bits per heavy atom. The van der Waals surface area contributed by atoms with Gasteiger partial charge in [-0.1, -0.05) is 37.5 Å². The van der Waals surface area contributed by atoms with E-state index in [0.29, 0.717) is 23.4 Å². The molecular weight excluding hydrogens is 392 g/mol. The van der Waals surface area contributed by atoms with Crippen molar-refractivity contribution in [2.75, 3.05) is 31.1 Å². The summed E-state index contributed by atoms with van der Waals surface area (Å²) in [6, 6.07) is 9.65. The molecule has 31 heavy (non-hydrogen) atoms. The van der Waals surface area contributed by atoms with E-state index in [2.05, 4.69) is 20.1 Å². The highest BCUT2D eigenvalue weighted by atomic mass is 16.4. The first-order valence-electron chi connectivity index (χ1n) is 11.0. The fraction of sp³-hybridized carbons (Fsp3) is 0.435. The molecule has 5 rings (SSSR count). The number of anilines is 1. The van der Waals surface area contributed by atoms with Gasteiger partial charge in [-0.15, -0.1) is 10.2 Å². The Bertz CT molecular complexity index is 1020. The molecule has 0 bridgehead atoms. The van der Waals surface area contributed by atoms with Gasteiger partial charge in [0.15, 0.2) is 0 Å². The molecule has 1 aromatic carbocycles. The highest BCUT2D eigenvalue weighted by Crippen LogP contribution is 2.27. The van der Waals surface area contributed by atoms with Gasteiger partial charge < -0.3 is 14.2 Å². The summed E-state index contributed by atoms with van der Waals surface area (Å²) in [5.41, 5.74) is 1.41. The van der Waals surface area contributed by atoms with Crippen molar-refractivity contribution in [2.24, 2.45) is 5.92 Å². The van der Waals surface area contributed by atoms with Crippen LogP contribution in [-0.4, -0.2) is 57.2 Å². The summed E-state index contributed by atoms with van der Waals surface area (Å²) in [4.78, 5) is 26.0. The Kier molecular flexibility index (Phi) is 5.60. The Morgan fingerprint density at radius 3 is 2.42 bits per heavy atom. The highest BCUT2D eigenvalue weighted by molar-refractivity contribution is 5.79. The van der Waals surface area contributed by atoms with Crippen LogP contribution >= 0.6 is 0 Å². The van der Waals surface area contributed by atoms with Crippen LogP contribution in [0.4, 0.5) is 5.82 Å². The lowest BCUT2D eigenvalue weighted by Gasteiger charge is -2.37. The average Bonchev–Trinajstić information content (AvgIpc) is 3.35. The lowest BCUT2D eigenvalue weighted by Crippen LogP contribution is -2.50. The zero-order chi connectivity index (χ0) is 21.0. The summed E-state index contributed by atoms with van der Waals surface area (Å²) in [6.45, 7) is 2.94. The van der Waals surface area contributed by atoms with E-state index < -0.39 is 0 Å². The van der Waals surface area contributed by atoms with Crippen molar-refractivity contribution in [3.05, 3.63) is 42.7 Å². The van der Waals surface area contributed by atoms with Crippen molar-refractivity contribution in [2.45, 2.75) is 32.1 Å². The van der Waals surface area contributed by atoms with Crippen LogP contribution in [0.5, 0.6) is 0 Å². The van der Waals surface area contributed by atoms with Gasteiger partial charge in [0.2, 0.25) is 11.8 Å². The molecule has 0 atom stereocenters. The molecule has 1 amide bonds. The van der Waals surface area contributed by atoms with Crippen molar-refractivity contribution >= 4 is 11.7 Å². The molecule has 2 aromatic heterocycles. The molecule has 160 valence electrons. The van der Waals surface area contributed by atoms with Crippen LogP contribution in [0.3, 0.4) is 0 Å². The van der Waals surface area contributed by atoms with Gasteiger partial charge in [0.1, 0.15) is 11.5 Å². The van der Waals surface area contributed by atoms with E-state index in [9.17, 15) is 4.79 Å². The number of hydrogen-bond donors (Lipinski definition) is 0. The summed E-state index contributed by atoms with van der Waals surface area (Å²) in [7, 11) is 0. The predicted molar refractivity (Wildman–Crippen MR) is 116 cm³/mol. The van der Waals surface area contributed by atoms with Crippen LogP contribution in [0.25, 0.3) is 23.0 Å². The molecule has 1 aliphatic heterocycles. The molecule has 1 saturated heterocycles. The number of benzene rings is 1. The van der Waals surface area contributed by atoms with Crippen molar-refractivity contribution in [3.63, 3.8) is 0 Å². The first-order valence-corrected chi connectivity index (χ1v) is 11.0. The van der Waals surface area contributed by atoms with E-state index in [1.165, 1.54) is 19.3 Å². The maximum Gasteiger partial charge on any atom is 0.268 e. The van der Waals surface area contributed by atoms with Gasteiger partial charge in [0, 0.05) is 37.7 Å². The summed E-state index contributed by atoms with van der Waals surface area (Å²) >= 11 is 0. The zero-order valence-corrected chi connectivity index (χ0v) is 17.5. The third-order valence-electron chi connectivity index (χ3n) is 6.16. The van der Waals surface area contributed by atoms with E-state index in [0.717, 1.165) is 50.4 Å². The minimum absolute atomic E-state index is 0.222. The summed E-state index contributed by atoms with van der Waals surface area (Å²) in [6.07, 6.45) is 9.09. The molecular formula is C23H26N6O2. The van der Waals surface area contributed by atoms with E-state index in [-0.39, 0.29) is 5.92 Å². The van der Waals surface area contributed by atoms with Crippen LogP contribution in [0.2, 0.25) is 0 Å². The lowest BCUT2D eigenvalue weighted by atomic mass is 9.88. The molecule has 3 aromatic rings. The van der Waals surface area contributed by atoms with Gasteiger partial charge in [-0.2, -0.15) is 0 Å². The van der Waals surface area contributed by atoms with Gasteiger partial charge >= 0.3 is 0 Å². The van der Waals surface area contributed by atoms with Crippen molar-refractivity contribution in [3.8, 4) is 23.0 Å². The predicted octanol–water partition coefficient (Wildman–Crippen LogP) is 3.42. The molecule has 2 fully saturated rings. The van der Waals surface area contributed by atoms with Gasteiger partial charge in [0.05, 0.1) is 12.4 Å². The fourth-order valence-electron chi connectivity index (χ4n) is 4.40. The Morgan fingerprint density at radius 1 is 0.903 bits per heavy atom. The van der Waals surface area contributed by atoms with Crippen molar-refractivity contribution in [1.82, 2.24) is 25.1 Å². The van der Waals surface area contributed by atoms with Crippen LogP contribution < -0.4 is 4.90 Å². The second-order valence-corrected chi connectivity index (χ2v) is 8.19. The fourth-order valence-corrected chi connectivity index (χ4v) is 4.40. The Balaban J connectivity index is 1.25. The quantitative estimate of drug-likeness (QED) is 0.641. The number of amides is 1. The normalized spacial score (nSPS) is 17.7. The number of carbonyl (C=O) groups is 1. The molecule has 2 aliphatic rings. The van der Waals surface area contributed by atoms with Crippen LogP contribution in [0, 0.1) is 5.92 Å². The standard InChI is InChI=1S/C23H26N6O2/c30-23(18-9-5-2-6-10-18)29-13-11-28(12-14-29)20-16-24-15-19(25-20)22-27-26-21(31-22)17-7-3-1-4-8-17/h1,3-4,7-8,15-16,18H,2,5-6,9-14H2. The third kappa shape index (κ3) is 4.28.